The van der Waals surface area contributed by atoms with Crippen LogP contribution in [0, 0.1) is 40.9 Å². The Morgan fingerprint density at radius 3 is 2.08 bits per heavy atom. The van der Waals surface area contributed by atoms with Crippen LogP contribution in [-0.4, -0.2) is 49.0 Å². The van der Waals surface area contributed by atoms with Crippen LogP contribution >= 0.6 is 0 Å². The highest BCUT2D eigenvalue weighted by atomic mass is 16.7. The van der Waals surface area contributed by atoms with E-state index in [-0.39, 0.29) is 31.5 Å². The molecule has 0 aromatic carbocycles. The van der Waals surface area contributed by atoms with Crippen LogP contribution in [0.5, 0.6) is 0 Å². The van der Waals surface area contributed by atoms with Crippen LogP contribution in [0.4, 0.5) is 4.79 Å². The van der Waals surface area contributed by atoms with Gasteiger partial charge in [0.1, 0.15) is 18.8 Å². The molecular formula is C28H37NO8. The molecule has 9 heteroatoms. The van der Waals surface area contributed by atoms with E-state index in [2.05, 4.69) is 18.5 Å². The fourth-order valence-corrected chi connectivity index (χ4v) is 8.23. The molecule has 1 N–H and O–H groups in total. The highest BCUT2D eigenvalue weighted by Crippen LogP contribution is 2.63. The summed E-state index contributed by atoms with van der Waals surface area (Å²) in [5.41, 5.74) is -1.95. The number of nitrogens with one attached hydrogen (secondary N) is 1. The second kappa shape index (κ2) is 9.80. The number of carbonyl (C=O) groups is 4. The number of amides is 1. The fourth-order valence-electron chi connectivity index (χ4n) is 8.23. The van der Waals surface area contributed by atoms with Crippen molar-refractivity contribution < 1.29 is 38.1 Å². The number of fused-ring (bicyclic) bond motifs is 1. The molecule has 6 fully saturated rings. The zero-order valence-electron chi connectivity index (χ0n) is 21.4. The van der Waals surface area contributed by atoms with Gasteiger partial charge in [-0.2, -0.15) is 0 Å². The highest BCUT2D eigenvalue weighted by molar-refractivity contribution is 5.90. The Bertz CT molecular complexity index is 955. The minimum Gasteiger partial charge on any atom is -0.461 e. The Kier molecular flexibility index (Phi) is 6.83. The summed E-state index contributed by atoms with van der Waals surface area (Å²) < 4.78 is 21.6. The minimum absolute atomic E-state index is 0.0328. The van der Waals surface area contributed by atoms with Gasteiger partial charge in [0, 0.05) is 12.8 Å². The Hall–Kier alpha value is -2.84. The van der Waals surface area contributed by atoms with Gasteiger partial charge in [0.25, 0.3) is 0 Å². The van der Waals surface area contributed by atoms with Crippen molar-refractivity contribution in [3.05, 3.63) is 25.3 Å². The second-order valence-corrected chi connectivity index (χ2v) is 11.7. The third-order valence-corrected chi connectivity index (χ3v) is 9.26. The topological polar surface area (TPSA) is 117 Å². The molecule has 6 aliphatic rings. The van der Waals surface area contributed by atoms with Crippen molar-refractivity contribution >= 4 is 24.0 Å². The summed E-state index contributed by atoms with van der Waals surface area (Å²) in [7, 11) is 0. The summed E-state index contributed by atoms with van der Waals surface area (Å²) >= 11 is 0. The first-order chi connectivity index (χ1) is 17.7. The van der Waals surface area contributed by atoms with E-state index in [0.29, 0.717) is 24.2 Å². The van der Waals surface area contributed by atoms with E-state index in [1.807, 2.05) is 0 Å². The van der Waals surface area contributed by atoms with Crippen molar-refractivity contribution in [2.45, 2.75) is 70.1 Å². The summed E-state index contributed by atoms with van der Waals surface area (Å²) in [6.45, 7) is 8.63. The molecule has 6 rings (SSSR count). The number of carbonyl (C=O) groups excluding carboxylic acids is 4. The SMILES string of the molecule is C=CCOC(=O)N[C@@]1(C(=O)O[C@@H](C)OC(=O)C23CC4CC(CC(C4)C2)C3)CC[C@H]2[C@H](C(=O)OCC=C)[C@H]21. The summed E-state index contributed by atoms with van der Waals surface area (Å²) in [5, 5.41) is 2.67. The molecular weight excluding hydrogens is 478 g/mol. The maximum Gasteiger partial charge on any atom is 0.408 e. The third kappa shape index (κ3) is 4.66. The summed E-state index contributed by atoms with van der Waals surface area (Å²) in [5.74, 6) is -0.869. The molecule has 0 saturated heterocycles. The summed E-state index contributed by atoms with van der Waals surface area (Å²) in [6, 6.07) is 0. The fraction of sp³-hybridized carbons (Fsp3) is 0.714. The van der Waals surface area contributed by atoms with Crippen molar-refractivity contribution in [3.8, 4) is 0 Å². The predicted octanol–water partition coefficient (Wildman–Crippen LogP) is 3.67. The van der Waals surface area contributed by atoms with Crippen LogP contribution in [0.3, 0.4) is 0 Å². The number of ether oxygens (including phenoxy) is 4. The van der Waals surface area contributed by atoms with E-state index >= 15 is 0 Å². The van der Waals surface area contributed by atoms with Crippen LogP contribution in [0.15, 0.2) is 25.3 Å². The van der Waals surface area contributed by atoms with Gasteiger partial charge in [0.05, 0.1) is 11.3 Å². The largest absolute Gasteiger partial charge is 0.461 e. The molecule has 5 atom stereocenters. The molecule has 0 unspecified atom stereocenters. The smallest absolute Gasteiger partial charge is 0.408 e. The average Bonchev–Trinajstić information content (AvgIpc) is 3.46. The van der Waals surface area contributed by atoms with Gasteiger partial charge in [-0.1, -0.05) is 25.3 Å². The van der Waals surface area contributed by atoms with Gasteiger partial charge in [-0.05, 0) is 75.0 Å². The number of alkyl carbamates (subject to hydrolysis) is 1. The van der Waals surface area contributed by atoms with E-state index in [4.69, 9.17) is 18.9 Å². The molecule has 6 saturated carbocycles. The number of rotatable bonds is 10. The third-order valence-electron chi connectivity index (χ3n) is 9.26. The monoisotopic (exact) mass is 515 g/mol. The predicted molar refractivity (Wildman–Crippen MR) is 131 cm³/mol. The molecule has 0 radical (unpaired) electrons. The summed E-state index contributed by atoms with van der Waals surface area (Å²) in [4.78, 5) is 52.0. The maximum absolute atomic E-state index is 13.6. The molecule has 202 valence electrons. The van der Waals surface area contributed by atoms with E-state index in [1.165, 1.54) is 38.3 Å². The lowest BCUT2D eigenvalue weighted by molar-refractivity contribution is -0.205. The lowest BCUT2D eigenvalue weighted by atomic mass is 9.49. The maximum atomic E-state index is 13.6. The van der Waals surface area contributed by atoms with Gasteiger partial charge in [-0.25, -0.2) is 9.59 Å². The zero-order chi connectivity index (χ0) is 26.4. The molecule has 0 aromatic heterocycles. The molecule has 37 heavy (non-hydrogen) atoms. The molecule has 0 aromatic rings. The van der Waals surface area contributed by atoms with Gasteiger partial charge in [0.15, 0.2) is 0 Å². The summed E-state index contributed by atoms with van der Waals surface area (Å²) in [6.07, 6.45) is 7.92. The van der Waals surface area contributed by atoms with Gasteiger partial charge < -0.3 is 24.3 Å². The van der Waals surface area contributed by atoms with E-state index in [9.17, 15) is 19.2 Å². The molecule has 0 heterocycles. The first kappa shape index (κ1) is 25.8. The zero-order valence-corrected chi connectivity index (χ0v) is 21.4. The first-order valence-electron chi connectivity index (χ1n) is 13.5. The van der Waals surface area contributed by atoms with Crippen LogP contribution in [0.2, 0.25) is 0 Å². The average molecular weight is 516 g/mol. The lowest BCUT2D eigenvalue weighted by Crippen LogP contribution is -2.57. The molecule has 0 aliphatic heterocycles. The number of esters is 3. The van der Waals surface area contributed by atoms with Crippen molar-refractivity contribution in [1.82, 2.24) is 5.32 Å². The van der Waals surface area contributed by atoms with E-state index < -0.39 is 47.1 Å². The molecule has 6 aliphatic carbocycles. The molecule has 0 spiro atoms. The number of hydrogen-bond acceptors (Lipinski definition) is 8. The highest BCUT2D eigenvalue weighted by Gasteiger charge is 2.73. The van der Waals surface area contributed by atoms with Crippen molar-refractivity contribution in [2.75, 3.05) is 13.2 Å². The van der Waals surface area contributed by atoms with Gasteiger partial charge >= 0.3 is 24.0 Å². The Labute approximate surface area is 217 Å². The minimum atomic E-state index is -1.47. The van der Waals surface area contributed by atoms with Gasteiger partial charge in [-0.3, -0.25) is 9.59 Å². The van der Waals surface area contributed by atoms with Crippen molar-refractivity contribution in [2.24, 2.45) is 40.9 Å². The van der Waals surface area contributed by atoms with Crippen molar-refractivity contribution in [1.29, 1.82) is 0 Å². The molecule has 1 amide bonds. The van der Waals surface area contributed by atoms with Crippen LogP contribution < -0.4 is 5.32 Å². The first-order valence-corrected chi connectivity index (χ1v) is 13.5. The second-order valence-electron chi connectivity index (χ2n) is 11.7. The Morgan fingerprint density at radius 2 is 1.49 bits per heavy atom. The van der Waals surface area contributed by atoms with Crippen LogP contribution in [0.1, 0.15) is 58.3 Å². The van der Waals surface area contributed by atoms with Gasteiger partial charge in [0.2, 0.25) is 6.29 Å². The van der Waals surface area contributed by atoms with Crippen molar-refractivity contribution in [3.63, 3.8) is 0 Å². The van der Waals surface area contributed by atoms with E-state index in [0.717, 1.165) is 19.3 Å². The Balaban J connectivity index is 1.26. The Morgan fingerprint density at radius 1 is 0.919 bits per heavy atom. The normalized spacial score (nSPS) is 39.1. The number of hydrogen-bond donors (Lipinski definition) is 1. The quantitative estimate of drug-likeness (QED) is 0.203. The van der Waals surface area contributed by atoms with Crippen LogP contribution in [0.25, 0.3) is 0 Å². The van der Waals surface area contributed by atoms with E-state index in [1.54, 1.807) is 0 Å². The lowest BCUT2D eigenvalue weighted by Gasteiger charge is -2.55. The van der Waals surface area contributed by atoms with Gasteiger partial charge in [-0.15, -0.1) is 0 Å². The standard InChI is InChI=1S/C28H37NO8/c1-4-8-34-23(30)21-20-6-7-28(22(20)21,29-26(33)35-9-5-2)25(32)37-16(3)36-24(31)27-13-17-10-18(14-27)12-19(11-17)15-27/h4-5,16-22H,1-2,6-15H2,3H3,(H,29,33)/t16-,17?,18?,19?,20-,21-,22-,27?,28-/m0/s1. The molecule has 4 bridgehead atoms. The van der Waals surface area contributed by atoms with Crippen LogP contribution in [-0.2, 0) is 33.3 Å². The molecule has 9 nitrogen and oxygen atoms in total.